The highest BCUT2D eigenvalue weighted by atomic mass is 16.5. The lowest BCUT2D eigenvalue weighted by Crippen LogP contribution is -2.33. The Labute approximate surface area is 236 Å². The zero-order valence-electron chi connectivity index (χ0n) is 23.9. The first-order valence-electron chi connectivity index (χ1n) is 14.1. The number of hydrogen-bond acceptors (Lipinski definition) is 7. The van der Waals surface area contributed by atoms with Crippen LogP contribution in [0, 0.1) is 0 Å². The molecule has 0 bridgehead atoms. The number of ether oxygens (including phenoxy) is 3. The zero-order valence-corrected chi connectivity index (χ0v) is 23.9. The highest BCUT2D eigenvalue weighted by Gasteiger charge is 2.46. The Morgan fingerprint density at radius 2 is 1.90 bits per heavy atom. The van der Waals surface area contributed by atoms with Crippen LogP contribution in [0.15, 0.2) is 54.6 Å². The number of carbonyl (C=O) groups excluding carboxylic acids is 2. The van der Waals surface area contributed by atoms with Gasteiger partial charge >= 0.3 is 0 Å². The molecule has 0 unspecified atom stereocenters. The van der Waals surface area contributed by atoms with Crippen LogP contribution >= 0.6 is 0 Å². The highest BCUT2D eigenvalue weighted by molar-refractivity contribution is 6.46. The molecule has 0 spiro atoms. The summed E-state index contributed by atoms with van der Waals surface area (Å²) in [5.41, 5.74) is 2.18. The van der Waals surface area contributed by atoms with Crippen molar-refractivity contribution in [3.8, 4) is 17.2 Å². The van der Waals surface area contributed by atoms with Crippen molar-refractivity contribution in [2.45, 2.75) is 52.7 Å². The molecule has 2 aliphatic rings. The van der Waals surface area contributed by atoms with Crippen molar-refractivity contribution in [1.29, 1.82) is 0 Å². The van der Waals surface area contributed by atoms with E-state index in [1.54, 1.807) is 29.2 Å². The van der Waals surface area contributed by atoms with E-state index >= 15 is 0 Å². The molecule has 0 aromatic heterocycles. The lowest BCUT2D eigenvalue weighted by Gasteiger charge is -2.27. The van der Waals surface area contributed by atoms with Gasteiger partial charge in [0.2, 0.25) is 0 Å². The first kappa shape index (κ1) is 29.2. The fourth-order valence-corrected chi connectivity index (χ4v) is 5.42. The van der Waals surface area contributed by atoms with Gasteiger partial charge in [0.1, 0.15) is 24.2 Å². The first-order chi connectivity index (χ1) is 19.3. The van der Waals surface area contributed by atoms with Gasteiger partial charge in [0.15, 0.2) is 11.5 Å². The summed E-state index contributed by atoms with van der Waals surface area (Å²) in [6.07, 6.45) is 3.10. The number of likely N-dealkylation sites (tertiary alicyclic amines) is 1. The van der Waals surface area contributed by atoms with E-state index in [1.807, 2.05) is 32.0 Å². The molecule has 1 N–H and O–H groups in total. The summed E-state index contributed by atoms with van der Waals surface area (Å²) in [4.78, 5) is 30.8. The minimum atomic E-state index is -0.771. The molecule has 2 atom stereocenters. The van der Waals surface area contributed by atoms with E-state index in [0.717, 1.165) is 30.9 Å². The van der Waals surface area contributed by atoms with Gasteiger partial charge in [0.05, 0.1) is 18.2 Å². The lowest BCUT2D eigenvalue weighted by molar-refractivity contribution is -0.140. The number of amides is 1. The van der Waals surface area contributed by atoms with Gasteiger partial charge in [-0.3, -0.25) is 9.59 Å². The van der Waals surface area contributed by atoms with E-state index in [2.05, 4.69) is 25.3 Å². The number of nitrogens with zero attached hydrogens (tertiary/aromatic N) is 2. The first-order valence-corrected chi connectivity index (χ1v) is 14.1. The predicted molar refractivity (Wildman–Crippen MR) is 155 cm³/mol. The minimum absolute atomic E-state index is 0.0441. The third-order valence-electron chi connectivity index (χ3n) is 7.42. The van der Waals surface area contributed by atoms with Crippen LogP contribution in [0.5, 0.6) is 17.2 Å². The standard InChI is InChI=1S/C32H40N2O6/c1-6-17-39-26-14-11-22(20-27(26)38-9-4)29-28(30(35)23-12-13-25-24(19-23)18-21(5)40-25)31(36)32(37)34(29)16-10-15-33(7-2)8-3/h6,11-14,19-21,29,35H,1,7-10,15-18H2,2-5H3/b30-28+/t21-,29-/m0/s1. The molecule has 2 aromatic rings. The van der Waals surface area contributed by atoms with Crippen molar-refractivity contribution in [1.82, 2.24) is 9.80 Å². The fourth-order valence-electron chi connectivity index (χ4n) is 5.42. The molecule has 0 aliphatic carbocycles. The Morgan fingerprint density at radius 1 is 1.12 bits per heavy atom. The predicted octanol–water partition coefficient (Wildman–Crippen LogP) is 5.13. The van der Waals surface area contributed by atoms with Gasteiger partial charge in [0, 0.05) is 18.5 Å². The van der Waals surface area contributed by atoms with E-state index in [1.165, 1.54) is 0 Å². The highest BCUT2D eigenvalue weighted by Crippen LogP contribution is 2.43. The average molecular weight is 549 g/mol. The molecule has 1 amide bonds. The van der Waals surface area contributed by atoms with Crippen molar-refractivity contribution >= 4 is 17.4 Å². The van der Waals surface area contributed by atoms with Gasteiger partial charge in [0.25, 0.3) is 11.7 Å². The quantitative estimate of drug-likeness (QED) is 0.161. The van der Waals surface area contributed by atoms with Gasteiger partial charge in [-0.2, -0.15) is 0 Å². The molecular weight excluding hydrogens is 508 g/mol. The van der Waals surface area contributed by atoms with Crippen LogP contribution in [0.2, 0.25) is 0 Å². The Morgan fingerprint density at radius 3 is 2.60 bits per heavy atom. The van der Waals surface area contributed by atoms with Crippen molar-refractivity contribution in [3.63, 3.8) is 0 Å². The summed E-state index contributed by atoms with van der Waals surface area (Å²) in [7, 11) is 0. The molecule has 8 heteroatoms. The SMILES string of the molecule is C=CCOc1ccc([C@H]2/C(=C(\O)c3ccc4c(c3)C[C@H](C)O4)C(=O)C(=O)N2CCCN(CC)CC)cc1OCC. The maximum Gasteiger partial charge on any atom is 0.295 e. The Balaban J connectivity index is 1.78. The van der Waals surface area contributed by atoms with Crippen molar-refractivity contribution < 1.29 is 28.9 Å². The van der Waals surface area contributed by atoms with Gasteiger partial charge in [-0.05, 0) is 81.4 Å². The van der Waals surface area contributed by atoms with Crippen LogP contribution in [-0.4, -0.2) is 72.1 Å². The van der Waals surface area contributed by atoms with E-state index in [4.69, 9.17) is 14.2 Å². The Hall–Kier alpha value is -3.78. The molecule has 1 fully saturated rings. The lowest BCUT2D eigenvalue weighted by atomic mass is 9.94. The molecule has 0 saturated carbocycles. The largest absolute Gasteiger partial charge is 0.507 e. The number of ketones is 1. The number of aliphatic hydroxyl groups is 1. The number of benzene rings is 2. The summed E-state index contributed by atoms with van der Waals surface area (Å²) in [6, 6.07) is 10.00. The zero-order chi connectivity index (χ0) is 28.8. The van der Waals surface area contributed by atoms with Crippen LogP contribution in [0.4, 0.5) is 0 Å². The molecule has 40 heavy (non-hydrogen) atoms. The van der Waals surface area contributed by atoms with E-state index < -0.39 is 17.7 Å². The van der Waals surface area contributed by atoms with Gasteiger partial charge in [-0.25, -0.2) is 0 Å². The molecule has 214 valence electrons. The van der Waals surface area contributed by atoms with Crippen molar-refractivity contribution in [2.24, 2.45) is 0 Å². The Bertz CT molecular complexity index is 1280. The van der Waals surface area contributed by atoms with Gasteiger partial charge < -0.3 is 29.1 Å². The second-order valence-corrected chi connectivity index (χ2v) is 10.1. The topological polar surface area (TPSA) is 88.5 Å². The third kappa shape index (κ3) is 6.02. The molecule has 2 aliphatic heterocycles. The third-order valence-corrected chi connectivity index (χ3v) is 7.42. The number of aliphatic hydroxyl groups excluding tert-OH is 1. The summed E-state index contributed by atoms with van der Waals surface area (Å²) < 4.78 is 17.4. The number of rotatable bonds is 13. The average Bonchev–Trinajstić information content (AvgIpc) is 3.45. The molecule has 4 rings (SSSR count). The molecular formula is C32H40N2O6. The number of Topliss-reactive ketones (excluding diaryl/α,β-unsaturated/α-hetero) is 1. The number of hydrogen-bond donors (Lipinski definition) is 1. The van der Waals surface area contributed by atoms with E-state index in [0.29, 0.717) is 55.2 Å². The summed E-state index contributed by atoms with van der Waals surface area (Å²) in [5, 5.41) is 11.6. The van der Waals surface area contributed by atoms with Crippen molar-refractivity contribution in [3.05, 3.63) is 71.3 Å². The van der Waals surface area contributed by atoms with Gasteiger partial charge in [-0.15, -0.1) is 0 Å². The summed E-state index contributed by atoms with van der Waals surface area (Å²) in [6.45, 7) is 15.5. The van der Waals surface area contributed by atoms with Crippen LogP contribution in [0.3, 0.4) is 0 Å². The molecule has 8 nitrogen and oxygen atoms in total. The maximum absolute atomic E-state index is 13.5. The van der Waals surface area contributed by atoms with Crippen LogP contribution < -0.4 is 14.2 Å². The second-order valence-electron chi connectivity index (χ2n) is 10.1. The van der Waals surface area contributed by atoms with Crippen LogP contribution in [-0.2, 0) is 16.0 Å². The van der Waals surface area contributed by atoms with Gasteiger partial charge in [-0.1, -0.05) is 32.6 Å². The molecule has 0 radical (unpaired) electrons. The van der Waals surface area contributed by atoms with E-state index in [-0.39, 0.29) is 17.4 Å². The monoisotopic (exact) mass is 548 g/mol. The van der Waals surface area contributed by atoms with Crippen molar-refractivity contribution in [2.75, 3.05) is 39.4 Å². The maximum atomic E-state index is 13.5. The summed E-state index contributed by atoms with van der Waals surface area (Å²) in [5.74, 6) is 0.307. The minimum Gasteiger partial charge on any atom is -0.507 e. The van der Waals surface area contributed by atoms with Crippen LogP contribution in [0.1, 0.15) is 56.8 Å². The Kier molecular flexibility index (Phi) is 9.53. The van der Waals surface area contributed by atoms with Crippen LogP contribution in [0.25, 0.3) is 5.76 Å². The van der Waals surface area contributed by atoms with E-state index in [9.17, 15) is 14.7 Å². The summed E-state index contributed by atoms with van der Waals surface area (Å²) >= 11 is 0. The molecule has 1 saturated heterocycles. The fraction of sp³-hybridized carbons (Fsp3) is 0.438. The molecule has 2 heterocycles. The number of fused-ring (bicyclic) bond motifs is 1. The normalized spacial score (nSPS) is 19.6. The second kappa shape index (κ2) is 13.0. The number of carbonyl (C=O) groups is 2. The smallest absolute Gasteiger partial charge is 0.295 e. The molecule has 2 aromatic carbocycles.